The SMILES string of the molecule is CCOC(=O)C12N=CN(S(=O)(=O)c3ccc(C)cc3)CC1c1cc(Cl)ccc1/C2=C/c1ccccc1. The van der Waals surface area contributed by atoms with Crippen molar-refractivity contribution in [3.05, 3.63) is 100 Å². The second-order valence-corrected chi connectivity index (χ2v) is 11.2. The van der Waals surface area contributed by atoms with E-state index in [1.807, 2.05) is 49.4 Å². The number of ether oxygens (including phenoxy) is 1. The summed E-state index contributed by atoms with van der Waals surface area (Å²) < 4.78 is 33.8. The molecule has 2 unspecified atom stereocenters. The average Bonchev–Trinajstić information content (AvgIpc) is 3.14. The number of aliphatic imine (C=N–C) groups is 1. The number of aryl methyl sites for hydroxylation is 1. The normalized spacial score (nSPS) is 21.8. The Kier molecular flexibility index (Phi) is 6.22. The van der Waals surface area contributed by atoms with Crippen molar-refractivity contribution in [1.29, 1.82) is 0 Å². The van der Waals surface area contributed by atoms with Crippen LogP contribution in [0.15, 0.2) is 82.7 Å². The molecular weight excluding hydrogens is 496 g/mol. The number of benzene rings is 3. The summed E-state index contributed by atoms with van der Waals surface area (Å²) in [4.78, 5) is 18.5. The third-order valence-electron chi connectivity index (χ3n) is 6.67. The van der Waals surface area contributed by atoms with Gasteiger partial charge in [0.2, 0.25) is 0 Å². The Balaban J connectivity index is 1.71. The van der Waals surface area contributed by atoms with E-state index in [9.17, 15) is 13.2 Å². The topological polar surface area (TPSA) is 76.0 Å². The maximum Gasteiger partial charge on any atom is 0.339 e. The molecule has 0 saturated carbocycles. The third-order valence-corrected chi connectivity index (χ3v) is 8.64. The predicted octanol–water partition coefficient (Wildman–Crippen LogP) is 5.32. The van der Waals surface area contributed by atoms with Gasteiger partial charge in [-0.1, -0.05) is 65.7 Å². The summed E-state index contributed by atoms with van der Waals surface area (Å²) in [6.07, 6.45) is 3.18. The second kappa shape index (κ2) is 9.22. The molecule has 0 aromatic heterocycles. The van der Waals surface area contributed by atoms with Crippen LogP contribution in [0.5, 0.6) is 0 Å². The molecule has 1 aliphatic heterocycles. The van der Waals surface area contributed by atoms with Crippen LogP contribution in [0.3, 0.4) is 0 Å². The molecule has 2 aliphatic rings. The van der Waals surface area contributed by atoms with E-state index >= 15 is 0 Å². The summed E-state index contributed by atoms with van der Waals surface area (Å²) in [5.41, 5.74) is 2.64. The van der Waals surface area contributed by atoms with Crippen molar-refractivity contribution in [2.45, 2.75) is 30.2 Å². The van der Waals surface area contributed by atoms with Crippen LogP contribution in [0, 0.1) is 6.92 Å². The van der Waals surface area contributed by atoms with E-state index in [4.69, 9.17) is 21.3 Å². The zero-order valence-corrected chi connectivity index (χ0v) is 21.5. The number of rotatable bonds is 5. The van der Waals surface area contributed by atoms with Crippen molar-refractivity contribution in [3.8, 4) is 0 Å². The molecule has 0 bridgehead atoms. The lowest BCUT2D eigenvalue weighted by Gasteiger charge is -2.38. The van der Waals surface area contributed by atoms with E-state index in [0.717, 1.165) is 22.3 Å². The molecule has 2 atom stereocenters. The van der Waals surface area contributed by atoms with Gasteiger partial charge in [-0.3, -0.25) is 9.30 Å². The standard InChI is InChI=1S/C28H25ClN2O4S/c1-3-35-27(32)28-25(15-20-7-5-4-6-8-20)23-14-11-21(29)16-24(23)26(28)17-31(18-30-28)36(33,34)22-12-9-19(2)10-13-22/h4-16,18,26H,3,17H2,1-2H3/b25-15-. The number of halogens is 1. The summed E-state index contributed by atoms with van der Waals surface area (Å²) in [5, 5.41) is 0.495. The number of carbonyl (C=O) groups excluding carboxylic acids is 1. The first-order valence-corrected chi connectivity index (χ1v) is 13.5. The largest absolute Gasteiger partial charge is 0.464 e. The minimum atomic E-state index is -3.89. The first kappa shape index (κ1) is 24.3. The zero-order valence-electron chi connectivity index (χ0n) is 19.9. The number of sulfonamides is 1. The quantitative estimate of drug-likeness (QED) is 0.427. The Morgan fingerprint density at radius 3 is 2.56 bits per heavy atom. The molecule has 184 valence electrons. The van der Waals surface area contributed by atoms with E-state index in [2.05, 4.69) is 0 Å². The molecule has 1 aliphatic carbocycles. The maximum absolute atomic E-state index is 13.6. The fraction of sp³-hybridized carbons (Fsp3) is 0.214. The van der Waals surface area contributed by atoms with Gasteiger partial charge in [0.1, 0.15) is 6.34 Å². The number of fused-ring (bicyclic) bond motifs is 3. The van der Waals surface area contributed by atoms with Crippen LogP contribution < -0.4 is 0 Å². The molecule has 3 aromatic carbocycles. The second-order valence-electron chi connectivity index (χ2n) is 8.87. The molecule has 1 heterocycles. The lowest BCUT2D eigenvalue weighted by atomic mass is 9.80. The minimum absolute atomic E-state index is 0.0119. The lowest BCUT2D eigenvalue weighted by Crippen LogP contribution is -2.51. The Labute approximate surface area is 215 Å². The molecule has 0 spiro atoms. The van der Waals surface area contributed by atoms with Crippen LogP contribution in [0.4, 0.5) is 0 Å². The van der Waals surface area contributed by atoms with Gasteiger partial charge >= 0.3 is 5.97 Å². The summed E-state index contributed by atoms with van der Waals surface area (Å²) >= 11 is 6.38. The number of hydrogen-bond acceptors (Lipinski definition) is 5. The lowest BCUT2D eigenvalue weighted by molar-refractivity contribution is -0.147. The molecule has 3 aromatic rings. The van der Waals surface area contributed by atoms with Crippen LogP contribution in [0.2, 0.25) is 5.02 Å². The molecule has 0 N–H and O–H groups in total. The van der Waals surface area contributed by atoms with Crippen LogP contribution in [0.25, 0.3) is 11.6 Å². The van der Waals surface area contributed by atoms with Crippen molar-refractivity contribution in [3.63, 3.8) is 0 Å². The maximum atomic E-state index is 13.6. The van der Waals surface area contributed by atoms with Gasteiger partial charge in [-0.25, -0.2) is 13.2 Å². The fourth-order valence-electron chi connectivity index (χ4n) is 4.91. The molecule has 0 fully saturated rings. The summed E-state index contributed by atoms with van der Waals surface area (Å²) in [5.74, 6) is -1.14. The number of nitrogens with zero attached hydrogens (tertiary/aromatic N) is 2. The Morgan fingerprint density at radius 2 is 1.86 bits per heavy atom. The molecule has 8 heteroatoms. The monoisotopic (exact) mass is 520 g/mol. The van der Waals surface area contributed by atoms with Crippen molar-refractivity contribution in [2.75, 3.05) is 13.2 Å². The van der Waals surface area contributed by atoms with Gasteiger partial charge in [0.25, 0.3) is 10.0 Å². The highest BCUT2D eigenvalue weighted by atomic mass is 35.5. The Morgan fingerprint density at radius 1 is 1.14 bits per heavy atom. The highest BCUT2D eigenvalue weighted by Crippen LogP contribution is 2.55. The van der Waals surface area contributed by atoms with Crippen LogP contribution >= 0.6 is 11.6 Å². The first-order chi connectivity index (χ1) is 17.3. The molecule has 0 saturated heterocycles. The highest BCUT2D eigenvalue weighted by molar-refractivity contribution is 7.89. The third kappa shape index (κ3) is 3.92. The van der Waals surface area contributed by atoms with Gasteiger partial charge in [0.05, 0.1) is 11.5 Å². The van der Waals surface area contributed by atoms with Crippen molar-refractivity contribution in [2.24, 2.45) is 4.99 Å². The van der Waals surface area contributed by atoms with Crippen molar-refractivity contribution >= 4 is 45.6 Å². The highest BCUT2D eigenvalue weighted by Gasteiger charge is 2.59. The fourth-order valence-corrected chi connectivity index (χ4v) is 6.36. The zero-order chi connectivity index (χ0) is 25.5. The summed E-state index contributed by atoms with van der Waals surface area (Å²) in [6.45, 7) is 3.82. The van der Waals surface area contributed by atoms with Gasteiger partial charge in [0.15, 0.2) is 5.54 Å². The van der Waals surface area contributed by atoms with E-state index in [1.54, 1.807) is 43.3 Å². The minimum Gasteiger partial charge on any atom is -0.464 e. The number of carbonyl (C=O) groups is 1. The van der Waals surface area contributed by atoms with E-state index in [1.165, 1.54) is 10.6 Å². The summed E-state index contributed by atoms with van der Waals surface area (Å²) in [6, 6.07) is 21.7. The molecular formula is C28H25ClN2O4S. The number of hydrogen-bond donors (Lipinski definition) is 0. The first-order valence-electron chi connectivity index (χ1n) is 11.7. The van der Waals surface area contributed by atoms with Gasteiger partial charge in [-0.15, -0.1) is 0 Å². The van der Waals surface area contributed by atoms with E-state index in [0.29, 0.717) is 10.6 Å². The predicted molar refractivity (Wildman–Crippen MR) is 141 cm³/mol. The van der Waals surface area contributed by atoms with Gasteiger partial charge in [0, 0.05) is 17.5 Å². The molecule has 0 radical (unpaired) electrons. The van der Waals surface area contributed by atoms with Crippen LogP contribution in [-0.4, -0.2) is 43.7 Å². The van der Waals surface area contributed by atoms with Crippen LogP contribution in [-0.2, 0) is 19.6 Å². The molecule has 6 nitrogen and oxygen atoms in total. The number of esters is 1. The van der Waals surface area contributed by atoms with Gasteiger partial charge in [-0.2, -0.15) is 0 Å². The van der Waals surface area contributed by atoms with Crippen LogP contribution in [0.1, 0.15) is 35.1 Å². The Hall–Kier alpha value is -3.42. The smallest absolute Gasteiger partial charge is 0.339 e. The molecule has 36 heavy (non-hydrogen) atoms. The van der Waals surface area contributed by atoms with E-state index < -0.39 is 27.4 Å². The molecule has 0 amide bonds. The van der Waals surface area contributed by atoms with Gasteiger partial charge in [-0.05, 0) is 66.5 Å². The Bertz CT molecular complexity index is 1480. The molecule has 5 rings (SSSR count). The van der Waals surface area contributed by atoms with Gasteiger partial charge < -0.3 is 4.74 Å². The van der Waals surface area contributed by atoms with E-state index in [-0.39, 0.29) is 18.0 Å². The summed E-state index contributed by atoms with van der Waals surface area (Å²) in [7, 11) is -3.89. The van der Waals surface area contributed by atoms with Crippen molar-refractivity contribution in [1.82, 2.24) is 4.31 Å². The average molecular weight is 521 g/mol. The van der Waals surface area contributed by atoms with Crippen molar-refractivity contribution < 1.29 is 17.9 Å².